The first-order chi connectivity index (χ1) is 7.81. The Morgan fingerprint density at radius 1 is 1.44 bits per heavy atom. The highest BCUT2D eigenvalue weighted by Gasteiger charge is 2.28. The number of carbonyl (C=O) groups excluding carboxylic acids is 1. The minimum atomic E-state index is 0.238. The van der Waals surface area contributed by atoms with E-state index < -0.39 is 0 Å². The second-order valence-electron chi connectivity index (χ2n) is 4.13. The van der Waals surface area contributed by atoms with Gasteiger partial charge in [0.25, 0.3) is 0 Å². The number of benzene rings is 1. The van der Waals surface area contributed by atoms with E-state index in [-0.39, 0.29) is 5.91 Å². The molecule has 0 heterocycles. The van der Waals surface area contributed by atoms with E-state index in [1.54, 1.807) is 11.8 Å². The maximum atomic E-state index is 11.4. The smallest absolute Gasteiger partial charge is 0.223 e. The maximum absolute atomic E-state index is 11.4. The Labute approximate surface area is 101 Å². The zero-order valence-electron chi connectivity index (χ0n) is 9.53. The molecular formula is C13H17NOS. The summed E-state index contributed by atoms with van der Waals surface area (Å²) in [5, 5.41) is 3.00. The molecule has 86 valence electrons. The van der Waals surface area contributed by atoms with E-state index in [0.29, 0.717) is 5.92 Å². The standard InChI is InChI=1S/C13H17NOS/c1-16-12-5-3-2-4-10(12)8-9-14-13(15)11-6-7-11/h2-5,11H,6-9H2,1H3,(H,14,15). The quantitative estimate of drug-likeness (QED) is 0.794. The molecule has 0 saturated heterocycles. The molecule has 0 aliphatic heterocycles. The summed E-state index contributed by atoms with van der Waals surface area (Å²) in [5.74, 6) is 0.553. The number of hydrogen-bond donors (Lipinski definition) is 1. The van der Waals surface area contributed by atoms with Gasteiger partial charge in [-0.15, -0.1) is 11.8 Å². The van der Waals surface area contributed by atoms with E-state index in [0.717, 1.165) is 25.8 Å². The van der Waals surface area contributed by atoms with Crippen LogP contribution in [0, 0.1) is 5.92 Å². The van der Waals surface area contributed by atoms with Gasteiger partial charge in [0.1, 0.15) is 0 Å². The second kappa shape index (κ2) is 5.39. The van der Waals surface area contributed by atoms with Gasteiger partial charge in [-0.05, 0) is 37.1 Å². The average molecular weight is 235 g/mol. The SMILES string of the molecule is CSc1ccccc1CCNC(=O)C1CC1. The van der Waals surface area contributed by atoms with Crippen LogP contribution in [0.4, 0.5) is 0 Å². The molecule has 1 aromatic rings. The summed E-state index contributed by atoms with van der Waals surface area (Å²) < 4.78 is 0. The molecule has 3 heteroatoms. The van der Waals surface area contributed by atoms with Crippen molar-refractivity contribution in [3.63, 3.8) is 0 Å². The van der Waals surface area contributed by atoms with Crippen molar-refractivity contribution in [3.8, 4) is 0 Å². The van der Waals surface area contributed by atoms with Crippen LogP contribution in [-0.2, 0) is 11.2 Å². The molecule has 0 bridgehead atoms. The molecule has 1 amide bonds. The number of nitrogens with one attached hydrogen (secondary N) is 1. The Kier molecular flexibility index (Phi) is 3.88. The van der Waals surface area contributed by atoms with Crippen LogP contribution in [0.5, 0.6) is 0 Å². The first-order valence-corrected chi connectivity index (χ1v) is 6.93. The number of hydrogen-bond acceptors (Lipinski definition) is 2. The van der Waals surface area contributed by atoms with Crippen molar-refractivity contribution in [1.29, 1.82) is 0 Å². The predicted molar refractivity (Wildman–Crippen MR) is 67.7 cm³/mol. The van der Waals surface area contributed by atoms with Gasteiger partial charge >= 0.3 is 0 Å². The van der Waals surface area contributed by atoms with Crippen molar-refractivity contribution >= 4 is 17.7 Å². The third-order valence-corrected chi connectivity index (χ3v) is 3.67. The minimum Gasteiger partial charge on any atom is -0.356 e. The van der Waals surface area contributed by atoms with Gasteiger partial charge in [0.05, 0.1) is 0 Å². The van der Waals surface area contributed by atoms with Crippen LogP contribution < -0.4 is 5.32 Å². The van der Waals surface area contributed by atoms with Gasteiger partial charge in [0.15, 0.2) is 0 Å². The third-order valence-electron chi connectivity index (χ3n) is 2.83. The number of carbonyl (C=O) groups is 1. The highest BCUT2D eigenvalue weighted by molar-refractivity contribution is 7.98. The molecule has 1 N–H and O–H groups in total. The molecule has 0 radical (unpaired) electrons. The Bertz CT molecular complexity index is 374. The van der Waals surface area contributed by atoms with E-state index >= 15 is 0 Å². The van der Waals surface area contributed by atoms with Gasteiger partial charge in [-0.25, -0.2) is 0 Å². The predicted octanol–water partition coefficient (Wildman–Crippen LogP) is 2.48. The van der Waals surface area contributed by atoms with E-state index in [4.69, 9.17) is 0 Å². The molecule has 1 aliphatic rings. The zero-order valence-corrected chi connectivity index (χ0v) is 10.3. The first-order valence-electron chi connectivity index (χ1n) is 5.71. The summed E-state index contributed by atoms with van der Waals surface area (Å²) in [6.07, 6.45) is 5.16. The van der Waals surface area contributed by atoms with Crippen molar-refractivity contribution in [2.45, 2.75) is 24.2 Å². The maximum Gasteiger partial charge on any atom is 0.223 e. The topological polar surface area (TPSA) is 29.1 Å². The van der Waals surface area contributed by atoms with E-state index in [9.17, 15) is 4.79 Å². The summed E-state index contributed by atoms with van der Waals surface area (Å²) in [6.45, 7) is 0.757. The van der Waals surface area contributed by atoms with Crippen LogP contribution in [0.1, 0.15) is 18.4 Å². The van der Waals surface area contributed by atoms with Crippen LogP contribution in [0.3, 0.4) is 0 Å². The van der Waals surface area contributed by atoms with Gasteiger partial charge in [0, 0.05) is 17.4 Å². The van der Waals surface area contributed by atoms with Gasteiger partial charge in [-0.3, -0.25) is 4.79 Å². The zero-order chi connectivity index (χ0) is 11.4. The lowest BCUT2D eigenvalue weighted by atomic mass is 10.1. The second-order valence-corrected chi connectivity index (χ2v) is 4.98. The largest absolute Gasteiger partial charge is 0.356 e. The van der Waals surface area contributed by atoms with Crippen LogP contribution in [0.25, 0.3) is 0 Å². The van der Waals surface area contributed by atoms with Crippen LogP contribution in [0.2, 0.25) is 0 Å². The normalized spacial score (nSPS) is 14.8. The number of amides is 1. The fourth-order valence-corrected chi connectivity index (χ4v) is 2.37. The molecule has 1 saturated carbocycles. The number of rotatable bonds is 5. The summed E-state index contributed by atoms with van der Waals surface area (Å²) in [6, 6.07) is 8.37. The fraction of sp³-hybridized carbons (Fsp3) is 0.462. The van der Waals surface area contributed by atoms with Gasteiger partial charge in [-0.1, -0.05) is 18.2 Å². The van der Waals surface area contributed by atoms with Gasteiger partial charge in [-0.2, -0.15) is 0 Å². The van der Waals surface area contributed by atoms with Crippen molar-refractivity contribution in [1.82, 2.24) is 5.32 Å². The van der Waals surface area contributed by atoms with Crippen LogP contribution in [-0.4, -0.2) is 18.7 Å². The molecule has 1 aliphatic carbocycles. The lowest BCUT2D eigenvalue weighted by Crippen LogP contribution is -2.27. The lowest BCUT2D eigenvalue weighted by molar-refractivity contribution is -0.122. The monoisotopic (exact) mass is 235 g/mol. The summed E-state index contributed by atoms with van der Waals surface area (Å²) in [5.41, 5.74) is 1.33. The van der Waals surface area contributed by atoms with Crippen LogP contribution >= 0.6 is 11.8 Å². The summed E-state index contributed by atoms with van der Waals surface area (Å²) in [7, 11) is 0. The van der Waals surface area contributed by atoms with Gasteiger partial charge in [0.2, 0.25) is 5.91 Å². The van der Waals surface area contributed by atoms with Crippen molar-refractivity contribution < 1.29 is 4.79 Å². The van der Waals surface area contributed by atoms with E-state index in [1.165, 1.54) is 10.5 Å². The third kappa shape index (κ3) is 3.01. The fourth-order valence-electron chi connectivity index (χ4n) is 1.72. The van der Waals surface area contributed by atoms with E-state index in [1.807, 2.05) is 0 Å². The molecule has 2 rings (SSSR count). The van der Waals surface area contributed by atoms with Crippen molar-refractivity contribution in [3.05, 3.63) is 29.8 Å². The first kappa shape index (κ1) is 11.5. The van der Waals surface area contributed by atoms with Crippen LogP contribution in [0.15, 0.2) is 29.2 Å². The summed E-state index contributed by atoms with van der Waals surface area (Å²) in [4.78, 5) is 12.7. The molecule has 0 spiro atoms. The molecule has 0 unspecified atom stereocenters. The molecule has 1 fully saturated rings. The molecule has 16 heavy (non-hydrogen) atoms. The molecule has 2 nitrogen and oxygen atoms in total. The molecule has 1 aromatic carbocycles. The highest BCUT2D eigenvalue weighted by atomic mass is 32.2. The van der Waals surface area contributed by atoms with E-state index in [2.05, 4.69) is 35.8 Å². The minimum absolute atomic E-state index is 0.238. The Morgan fingerprint density at radius 2 is 2.19 bits per heavy atom. The highest BCUT2D eigenvalue weighted by Crippen LogP contribution is 2.28. The Hall–Kier alpha value is -0.960. The van der Waals surface area contributed by atoms with Gasteiger partial charge < -0.3 is 5.32 Å². The summed E-state index contributed by atoms with van der Waals surface area (Å²) >= 11 is 1.76. The van der Waals surface area contributed by atoms with Crippen molar-refractivity contribution in [2.24, 2.45) is 5.92 Å². The average Bonchev–Trinajstić information content (AvgIpc) is 3.13. The molecular weight excluding hydrogens is 218 g/mol. The lowest BCUT2D eigenvalue weighted by Gasteiger charge is -2.07. The van der Waals surface area contributed by atoms with Crippen molar-refractivity contribution in [2.75, 3.05) is 12.8 Å². The molecule has 0 aromatic heterocycles. The number of thioether (sulfide) groups is 1. The molecule has 0 atom stereocenters. The Balaban J connectivity index is 1.81. The Morgan fingerprint density at radius 3 is 2.88 bits per heavy atom.